The molecule has 0 aliphatic carbocycles. The Balaban J connectivity index is 2.37. The predicted octanol–water partition coefficient (Wildman–Crippen LogP) is 4.41. The molecule has 0 fully saturated rings. The average molecular weight is 373 g/mol. The highest BCUT2D eigenvalue weighted by Crippen LogP contribution is 2.45. The summed E-state index contributed by atoms with van der Waals surface area (Å²) in [6.45, 7) is 5.74. The summed E-state index contributed by atoms with van der Waals surface area (Å²) < 4.78 is 34.4. The number of anilines is 1. The molecule has 27 heavy (non-hydrogen) atoms. The Morgan fingerprint density at radius 1 is 1.22 bits per heavy atom. The molecule has 0 bridgehead atoms. The van der Waals surface area contributed by atoms with E-state index in [1.807, 2.05) is 19.9 Å². The summed E-state index contributed by atoms with van der Waals surface area (Å²) in [4.78, 5) is 25.1. The monoisotopic (exact) mass is 373 g/mol. The van der Waals surface area contributed by atoms with E-state index in [4.69, 9.17) is 4.74 Å². The van der Waals surface area contributed by atoms with Crippen molar-refractivity contribution in [2.24, 2.45) is 0 Å². The molecule has 0 atom stereocenters. The fourth-order valence-corrected chi connectivity index (χ4v) is 3.67. The second-order valence-electron chi connectivity index (χ2n) is 7.49. The summed E-state index contributed by atoms with van der Waals surface area (Å²) in [7, 11) is 2.90. The van der Waals surface area contributed by atoms with Gasteiger partial charge >= 0.3 is 0 Å². The first-order valence-corrected chi connectivity index (χ1v) is 8.55. The molecule has 2 aromatic rings. The number of amides is 1. The van der Waals surface area contributed by atoms with E-state index in [-0.39, 0.29) is 34.5 Å². The van der Waals surface area contributed by atoms with Gasteiger partial charge in [-0.1, -0.05) is 19.9 Å². The van der Waals surface area contributed by atoms with Crippen LogP contribution in [-0.2, 0) is 10.2 Å². The molecule has 0 unspecified atom stereocenters. The van der Waals surface area contributed by atoms with Crippen LogP contribution in [0.2, 0.25) is 0 Å². The number of halogens is 2. The third-order valence-corrected chi connectivity index (χ3v) is 5.20. The molecule has 1 aliphatic heterocycles. The molecule has 1 aliphatic rings. The fraction of sp³-hybridized carbons (Fsp3) is 0.333. The van der Waals surface area contributed by atoms with Crippen LogP contribution >= 0.6 is 0 Å². The number of aldehydes is 1. The van der Waals surface area contributed by atoms with E-state index in [2.05, 4.69) is 0 Å². The van der Waals surface area contributed by atoms with Gasteiger partial charge in [0.1, 0.15) is 5.82 Å². The number of nitrogens with zero attached hydrogens (tertiary/aromatic N) is 1. The molecular weight excluding hydrogens is 352 g/mol. The zero-order chi connectivity index (χ0) is 20.1. The topological polar surface area (TPSA) is 46.6 Å². The lowest BCUT2D eigenvalue weighted by Crippen LogP contribution is -2.39. The second-order valence-corrected chi connectivity index (χ2v) is 7.49. The molecule has 2 aromatic carbocycles. The summed E-state index contributed by atoms with van der Waals surface area (Å²) in [5.74, 6) is -2.00. The standard InChI is InChI=1S/C21H21F2NO3/c1-11-6-14-16(24(4)17(26)9-21(14,2)3)8-13(11)18-19(23)12(10-25)7-15(22)20(18)27-5/h6-8,10H,9H2,1-5H3. The number of methoxy groups -OCH3 is 1. The molecule has 0 saturated carbocycles. The van der Waals surface area contributed by atoms with Crippen LogP contribution in [0.25, 0.3) is 11.1 Å². The van der Waals surface area contributed by atoms with Gasteiger partial charge in [0.05, 0.1) is 18.2 Å². The Labute approximate surface area is 156 Å². The number of benzene rings is 2. The van der Waals surface area contributed by atoms with Gasteiger partial charge in [-0.3, -0.25) is 9.59 Å². The highest BCUT2D eigenvalue weighted by molar-refractivity contribution is 5.99. The Morgan fingerprint density at radius 3 is 2.48 bits per heavy atom. The van der Waals surface area contributed by atoms with E-state index in [0.717, 1.165) is 11.6 Å². The lowest BCUT2D eigenvalue weighted by atomic mass is 9.76. The number of carbonyl (C=O) groups excluding carboxylic acids is 2. The van der Waals surface area contributed by atoms with E-state index >= 15 is 0 Å². The number of ether oxygens (including phenoxy) is 1. The summed E-state index contributed by atoms with van der Waals surface area (Å²) >= 11 is 0. The Bertz CT molecular complexity index is 967. The third kappa shape index (κ3) is 2.89. The molecule has 0 saturated heterocycles. The van der Waals surface area contributed by atoms with Crippen LogP contribution in [0, 0.1) is 18.6 Å². The van der Waals surface area contributed by atoms with Gasteiger partial charge in [-0.15, -0.1) is 0 Å². The minimum atomic E-state index is -0.852. The lowest BCUT2D eigenvalue weighted by molar-refractivity contribution is -0.119. The molecule has 0 aromatic heterocycles. The van der Waals surface area contributed by atoms with Gasteiger partial charge in [0, 0.05) is 24.6 Å². The van der Waals surface area contributed by atoms with Crippen molar-refractivity contribution in [2.45, 2.75) is 32.6 Å². The first-order chi connectivity index (χ1) is 12.6. The number of aryl methyl sites for hydroxylation is 1. The maximum absolute atomic E-state index is 15.0. The zero-order valence-electron chi connectivity index (χ0n) is 15.9. The maximum atomic E-state index is 15.0. The van der Waals surface area contributed by atoms with Crippen LogP contribution < -0.4 is 9.64 Å². The van der Waals surface area contributed by atoms with Crippen LogP contribution in [0.15, 0.2) is 18.2 Å². The van der Waals surface area contributed by atoms with Crippen molar-refractivity contribution in [1.82, 2.24) is 0 Å². The number of carbonyl (C=O) groups is 2. The molecule has 0 spiro atoms. The summed E-state index contributed by atoms with van der Waals surface area (Å²) in [5, 5.41) is 0. The Morgan fingerprint density at radius 2 is 1.89 bits per heavy atom. The van der Waals surface area contributed by atoms with Gasteiger partial charge in [0.2, 0.25) is 5.91 Å². The van der Waals surface area contributed by atoms with Crippen molar-refractivity contribution in [2.75, 3.05) is 19.1 Å². The maximum Gasteiger partial charge on any atom is 0.227 e. The second kappa shape index (κ2) is 6.44. The average Bonchev–Trinajstić information content (AvgIpc) is 2.61. The SMILES string of the molecule is COc1c(F)cc(C=O)c(F)c1-c1cc2c(cc1C)C(C)(C)CC(=O)N2C. The van der Waals surface area contributed by atoms with E-state index < -0.39 is 11.6 Å². The molecular formula is C21H21F2NO3. The molecule has 1 amide bonds. The van der Waals surface area contributed by atoms with Gasteiger partial charge in [-0.2, -0.15) is 0 Å². The molecule has 1 heterocycles. The van der Waals surface area contributed by atoms with Gasteiger partial charge < -0.3 is 9.64 Å². The Hall–Kier alpha value is -2.76. The molecule has 3 rings (SSSR count). The third-order valence-electron chi connectivity index (χ3n) is 5.20. The minimum Gasteiger partial charge on any atom is -0.493 e. The predicted molar refractivity (Wildman–Crippen MR) is 99.5 cm³/mol. The summed E-state index contributed by atoms with van der Waals surface area (Å²) in [6, 6.07) is 4.37. The summed E-state index contributed by atoms with van der Waals surface area (Å²) in [5.41, 5.74) is 1.79. The van der Waals surface area contributed by atoms with E-state index in [1.165, 1.54) is 12.0 Å². The first-order valence-electron chi connectivity index (χ1n) is 8.55. The quantitative estimate of drug-likeness (QED) is 0.749. The van der Waals surface area contributed by atoms with Crippen molar-refractivity contribution in [3.05, 3.63) is 46.5 Å². The highest BCUT2D eigenvalue weighted by Gasteiger charge is 2.36. The zero-order valence-corrected chi connectivity index (χ0v) is 15.9. The minimum absolute atomic E-state index is 0.0532. The summed E-state index contributed by atoms with van der Waals surface area (Å²) in [6.07, 6.45) is 0.635. The van der Waals surface area contributed by atoms with E-state index in [9.17, 15) is 18.4 Å². The Kier molecular flexibility index (Phi) is 4.54. The van der Waals surface area contributed by atoms with Crippen molar-refractivity contribution in [3.63, 3.8) is 0 Å². The van der Waals surface area contributed by atoms with Gasteiger partial charge in [-0.25, -0.2) is 8.78 Å². The van der Waals surface area contributed by atoms with E-state index in [1.54, 1.807) is 20.0 Å². The van der Waals surface area contributed by atoms with Crippen molar-refractivity contribution in [1.29, 1.82) is 0 Å². The number of fused-ring (bicyclic) bond motifs is 1. The largest absolute Gasteiger partial charge is 0.493 e. The van der Waals surface area contributed by atoms with E-state index in [0.29, 0.717) is 23.2 Å². The number of hydrogen-bond donors (Lipinski definition) is 0. The van der Waals surface area contributed by atoms with Gasteiger partial charge in [0.15, 0.2) is 17.9 Å². The number of rotatable bonds is 3. The van der Waals surface area contributed by atoms with Crippen LogP contribution in [0.4, 0.5) is 14.5 Å². The molecule has 6 heteroatoms. The van der Waals surface area contributed by atoms with Gasteiger partial charge in [-0.05, 0) is 35.7 Å². The van der Waals surface area contributed by atoms with Crippen LogP contribution in [0.1, 0.15) is 41.8 Å². The number of hydrogen-bond acceptors (Lipinski definition) is 3. The normalized spacial score (nSPS) is 15.5. The van der Waals surface area contributed by atoms with Crippen LogP contribution in [0.3, 0.4) is 0 Å². The fourth-order valence-electron chi connectivity index (χ4n) is 3.67. The molecule has 4 nitrogen and oxygen atoms in total. The van der Waals surface area contributed by atoms with Crippen molar-refractivity contribution in [3.8, 4) is 16.9 Å². The molecule has 0 radical (unpaired) electrons. The molecule has 142 valence electrons. The van der Waals surface area contributed by atoms with Crippen LogP contribution in [-0.4, -0.2) is 26.4 Å². The smallest absolute Gasteiger partial charge is 0.227 e. The molecule has 0 N–H and O–H groups in total. The lowest BCUT2D eigenvalue weighted by Gasteiger charge is -2.37. The first kappa shape index (κ1) is 19.0. The van der Waals surface area contributed by atoms with Crippen molar-refractivity contribution < 1.29 is 23.1 Å². The van der Waals surface area contributed by atoms with Crippen LogP contribution in [0.5, 0.6) is 5.75 Å². The highest BCUT2D eigenvalue weighted by atomic mass is 19.1. The van der Waals surface area contributed by atoms with Gasteiger partial charge in [0.25, 0.3) is 0 Å². The van der Waals surface area contributed by atoms with Crippen molar-refractivity contribution >= 4 is 17.9 Å².